The first-order valence-electron chi connectivity index (χ1n) is 4.18. The fourth-order valence-corrected chi connectivity index (χ4v) is 2.09. The Morgan fingerprint density at radius 2 is 1.69 bits per heavy atom. The summed E-state index contributed by atoms with van der Waals surface area (Å²) in [6, 6.07) is -0.775. The van der Waals surface area contributed by atoms with Gasteiger partial charge in [-0.25, -0.2) is 0 Å². The van der Waals surface area contributed by atoms with Gasteiger partial charge in [-0.15, -0.1) is 0 Å². The Bertz CT molecular complexity index is 219. The second-order valence-corrected chi connectivity index (χ2v) is 3.79. The molecule has 0 aromatic rings. The van der Waals surface area contributed by atoms with Gasteiger partial charge in [-0.3, -0.25) is 5.32 Å². The molecular weight excluding hydrogens is 178 g/mol. The predicted octanol–water partition coefficient (Wildman–Crippen LogP) is -3.51. The van der Waals surface area contributed by atoms with Crippen LogP contribution in [-0.4, -0.2) is 61.7 Å². The molecule has 2 fully saturated rings. The van der Waals surface area contributed by atoms with Crippen LogP contribution in [0.4, 0.5) is 0 Å². The molecule has 0 unspecified atom stereocenters. The number of aliphatic hydroxyl groups excluding tert-OH is 4. The molecule has 2 aliphatic heterocycles. The van der Waals surface area contributed by atoms with E-state index in [0.29, 0.717) is 0 Å². The molecular formula is C7H13NO5. The topological polar surface area (TPSA) is 113 Å². The van der Waals surface area contributed by atoms with Crippen molar-refractivity contribution >= 4 is 0 Å². The van der Waals surface area contributed by atoms with Gasteiger partial charge in [-0.2, -0.15) is 0 Å². The number of piperidine rings is 1. The number of fused-ring (bicyclic) bond motifs is 2. The summed E-state index contributed by atoms with van der Waals surface area (Å²) in [5.41, 5.74) is -1.68. The van der Waals surface area contributed by atoms with Crippen LogP contribution in [0.5, 0.6) is 0 Å². The molecule has 2 rings (SSSR count). The second-order valence-electron chi connectivity index (χ2n) is 3.79. The standard InChI is InChI=1S/C7H13NO5/c9-2-1-7(13)6(12)5(11)4(10)3(2)8-7/h2-6,8-13H,1H2/t2-,3-,4+,5-,6-,7-/m0/s1. The van der Waals surface area contributed by atoms with Gasteiger partial charge in [0, 0.05) is 6.42 Å². The highest BCUT2D eigenvalue weighted by molar-refractivity contribution is 5.11. The Morgan fingerprint density at radius 1 is 1.08 bits per heavy atom. The number of nitrogens with one attached hydrogen (secondary N) is 1. The van der Waals surface area contributed by atoms with E-state index in [-0.39, 0.29) is 6.42 Å². The third-order valence-corrected chi connectivity index (χ3v) is 2.88. The fourth-order valence-electron chi connectivity index (χ4n) is 2.09. The van der Waals surface area contributed by atoms with Crippen LogP contribution in [0.1, 0.15) is 6.42 Å². The summed E-state index contributed by atoms with van der Waals surface area (Å²) in [5, 5.41) is 49.6. The van der Waals surface area contributed by atoms with E-state index in [1.54, 1.807) is 0 Å². The predicted molar refractivity (Wildman–Crippen MR) is 40.5 cm³/mol. The first-order chi connectivity index (χ1) is 5.96. The van der Waals surface area contributed by atoms with E-state index in [1.807, 2.05) is 0 Å². The van der Waals surface area contributed by atoms with Crippen LogP contribution in [0.3, 0.4) is 0 Å². The van der Waals surface area contributed by atoms with Crippen molar-refractivity contribution < 1.29 is 25.5 Å². The zero-order valence-electron chi connectivity index (χ0n) is 6.83. The van der Waals surface area contributed by atoms with E-state index in [9.17, 15) is 25.5 Å². The summed E-state index contributed by atoms with van der Waals surface area (Å²) in [6.07, 6.45) is -5.20. The van der Waals surface area contributed by atoms with Gasteiger partial charge in [-0.05, 0) is 0 Å². The van der Waals surface area contributed by atoms with Crippen LogP contribution in [0.15, 0.2) is 0 Å². The van der Waals surface area contributed by atoms with Crippen molar-refractivity contribution in [3.63, 3.8) is 0 Å². The maximum Gasteiger partial charge on any atom is 0.147 e. The molecule has 6 atom stereocenters. The monoisotopic (exact) mass is 191 g/mol. The van der Waals surface area contributed by atoms with Crippen LogP contribution in [0.2, 0.25) is 0 Å². The van der Waals surface area contributed by atoms with Gasteiger partial charge in [0.15, 0.2) is 0 Å². The summed E-state index contributed by atoms with van der Waals surface area (Å²) >= 11 is 0. The number of hydrogen-bond donors (Lipinski definition) is 6. The SMILES string of the molecule is O[C@H]1[C@H](O)[C@H](O)[C@@]2(O)C[C@H](O)[C@@H]1N2. The first-order valence-corrected chi connectivity index (χ1v) is 4.18. The minimum Gasteiger partial charge on any atom is -0.391 e. The summed E-state index contributed by atoms with van der Waals surface area (Å²) in [6.45, 7) is 0. The molecule has 76 valence electrons. The molecule has 6 N–H and O–H groups in total. The molecule has 0 aromatic carbocycles. The van der Waals surface area contributed by atoms with Crippen molar-refractivity contribution in [3.8, 4) is 0 Å². The molecule has 2 aliphatic rings. The maximum atomic E-state index is 9.66. The van der Waals surface area contributed by atoms with Crippen LogP contribution in [-0.2, 0) is 0 Å². The van der Waals surface area contributed by atoms with Gasteiger partial charge >= 0.3 is 0 Å². The molecule has 2 bridgehead atoms. The van der Waals surface area contributed by atoms with E-state index < -0.39 is 36.2 Å². The van der Waals surface area contributed by atoms with Crippen molar-refractivity contribution in [2.45, 2.75) is 42.6 Å². The van der Waals surface area contributed by atoms with Gasteiger partial charge in [0.2, 0.25) is 0 Å². The van der Waals surface area contributed by atoms with E-state index in [0.717, 1.165) is 0 Å². The van der Waals surface area contributed by atoms with Gasteiger partial charge in [0.1, 0.15) is 24.0 Å². The number of rotatable bonds is 0. The van der Waals surface area contributed by atoms with Crippen LogP contribution < -0.4 is 5.32 Å². The minimum atomic E-state index is -1.68. The second kappa shape index (κ2) is 2.63. The third-order valence-electron chi connectivity index (χ3n) is 2.88. The highest BCUT2D eigenvalue weighted by atomic mass is 16.4. The quantitative estimate of drug-likeness (QED) is 0.237. The van der Waals surface area contributed by atoms with Gasteiger partial charge < -0.3 is 25.5 Å². The largest absolute Gasteiger partial charge is 0.391 e. The van der Waals surface area contributed by atoms with E-state index >= 15 is 0 Å². The lowest BCUT2D eigenvalue weighted by molar-refractivity contribution is -0.187. The first kappa shape index (κ1) is 9.32. The maximum absolute atomic E-state index is 9.66. The Hall–Kier alpha value is -0.240. The number of aliphatic hydroxyl groups is 5. The third kappa shape index (κ3) is 1.11. The lowest BCUT2D eigenvalue weighted by atomic mass is 9.94. The lowest BCUT2D eigenvalue weighted by Crippen LogP contribution is -2.67. The molecule has 0 radical (unpaired) electrons. The normalized spacial score (nSPS) is 61.2. The van der Waals surface area contributed by atoms with Crippen molar-refractivity contribution in [2.24, 2.45) is 0 Å². The zero-order chi connectivity index (χ0) is 9.80. The van der Waals surface area contributed by atoms with Crippen molar-refractivity contribution in [3.05, 3.63) is 0 Å². The fraction of sp³-hybridized carbons (Fsp3) is 1.00. The Kier molecular flexibility index (Phi) is 1.88. The molecule has 6 nitrogen and oxygen atoms in total. The summed E-state index contributed by atoms with van der Waals surface area (Å²) < 4.78 is 0. The highest BCUT2D eigenvalue weighted by Crippen LogP contribution is 2.34. The summed E-state index contributed by atoms with van der Waals surface area (Å²) in [7, 11) is 0. The summed E-state index contributed by atoms with van der Waals surface area (Å²) in [4.78, 5) is 0. The molecule has 0 aliphatic carbocycles. The Balaban J connectivity index is 2.30. The van der Waals surface area contributed by atoms with Crippen LogP contribution >= 0.6 is 0 Å². The van der Waals surface area contributed by atoms with Gasteiger partial charge in [0.05, 0.1) is 12.1 Å². The molecule has 0 spiro atoms. The van der Waals surface area contributed by atoms with Crippen LogP contribution in [0.25, 0.3) is 0 Å². The van der Waals surface area contributed by atoms with Crippen molar-refractivity contribution in [1.29, 1.82) is 0 Å². The van der Waals surface area contributed by atoms with E-state index in [2.05, 4.69) is 5.32 Å². The molecule has 2 saturated heterocycles. The molecule has 0 amide bonds. The molecule has 6 heteroatoms. The smallest absolute Gasteiger partial charge is 0.147 e. The highest BCUT2D eigenvalue weighted by Gasteiger charge is 2.58. The lowest BCUT2D eigenvalue weighted by Gasteiger charge is -2.40. The molecule has 2 heterocycles. The zero-order valence-corrected chi connectivity index (χ0v) is 6.83. The van der Waals surface area contributed by atoms with E-state index in [1.165, 1.54) is 0 Å². The molecule has 0 aromatic heterocycles. The Morgan fingerprint density at radius 3 is 2.31 bits per heavy atom. The van der Waals surface area contributed by atoms with Crippen LogP contribution in [0, 0.1) is 0 Å². The van der Waals surface area contributed by atoms with Gasteiger partial charge in [-0.1, -0.05) is 0 Å². The molecule has 0 saturated carbocycles. The van der Waals surface area contributed by atoms with Crippen molar-refractivity contribution in [2.75, 3.05) is 0 Å². The Labute approximate surface area is 74.4 Å². The average Bonchev–Trinajstić information content (AvgIpc) is 2.35. The summed E-state index contributed by atoms with van der Waals surface area (Å²) in [5.74, 6) is 0. The van der Waals surface area contributed by atoms with E-state index in [4.69, 9.17) is 0 Å². The minimum absolute atomic E-state index is 0.0903. The van der Waals surface area contributed by atoms with Gasteiger partial charge in [0.25, 0.3) is 0 Å². The van der Waals surface area contributed by atoms with Crippen molar-refractivity contribution in [1.82, 2.24) is 5.32 Å². The number of hydrogen-bond acceptors (Lipinski definition) is 6. The molecule has 13 heavy (non-hydrogen) atoms. The average molecular weight is 191 g/mol.